The van der Waals surface area contributed by atoms with Gasteiger partial charge in [0.25, 0.3) is 0 Å². The quantitative estimate of drug-likeness (QED) is 0.680. The highest BCUT2D eigenvalue weighted by atomic mass is 16.4. The fourth-order valence-corrected chi connectivity index (χ4v) is 1.16. The maximum absolute atomic E-state index is 10.8. The van der Waals surface area contributed by atoms with Crippen LogP contribution >= 0.6 is 0 Å². The Balaban J connectivity index is 2.75. The van der Waals surface area contributed by atoms with Crippen molar-refractivity contribution in [1.82, 2.24) is 0 Å². The lowest BCUT2D eigenvalue weighted by atomic mass is 9.99. The summed E-state index contributed by atoms with van der Waals surface area (Å²) < 4.78 is 0. The molecule has 0 bridgehead atoms. The highest BCUT2D eigenvalue weighted by molar-refractivity contribution is 5.96. The molecule has 0 unspecified atom stereocenters. The van der Waals surface area contributed by atoms with Gasteiger partial charge in [-0.05, 0) is 12.0 Å². The molecular weight excluding hydrogens is 182 g/mol. The molecule has 0 saturated heterocycles. The van der Waals surface area contributed by atoms with Crippen LogP contribution in [0.15, 0.2) is 30.3 Å². The van der Waals surface area contributed by atoms with E-state index < -0.39 is 17.8 Å². The van der Waals surface area contributed by atoms with Crippen LogP contribution in [0.25, 0.3) is 0 Å². The standard InChI is InChI=1S/C10H11NO3/c11-9(12)8(10(13)14)6-7-4-2-1-3-5-7/h1-5,8H,6H2,(H2,11,12)(H,13,14)/t8-/m0/s1. The fraction of sp³-hybridized carbons (Fsp3) is 0.200. The van der Waals surface area contributed by atoms with Crippen molar-refractivity contribution in [2.75, 3.05) is 0 Å². The minimum absolute atomic E-state index is 0.144. The van der Waals surface area contributed by atoms with Crippen molar-refractivity contribution in [3.63, 3.8) is 0 Å². The van der Waals surface area contributed by atoms with E-state index in [-0.39, 0.29) is 6.42 Å². The second-order valence-corrected chi connectivity index (χ2v) is 2.98. The summed E-state index contributed by atoms with van der Waals surface area (Å²) in [7, 11) is 0. The number of carboxylic acid groups (broad SMARTS) is 1. The number of benzene rings is 1. The minimum Gasteiger partial charge on any atom is -0.481 e. The predicted octanol–water partition coefficient (Wildman–Crippen LogP) is 0.415. The molecule has 4 nitrogen and oxygen atoms in total. The van der Waals surface area contributed by atoms with E-state index in [1.165, 1.54) is 0 Å². The first kappa shape index (κ1) is 10.2. The van der Waals surface area contributed by atoms with E-state index in [0.717, 1.165) is 5.56 Å². The molecule has 74 valence electrons. The average molecular weight is 193 g/mol. The van der Waals surface area contributed by atoms with Crippen LogP contribution in [0.5, 0.6) is 0 Å². The second kappa shape index (κ2) is 4.41. The number of carboxylic acids is 1. The number of hydrogen-bond donors (Lipinski definition) is 2. The van der Waals surface area contributed by atoms with Crippen LogP contribution in [-0.4, -0.2) is 17.0 Å². The third-order valence-electron chi connectivity index (χ3n) is 1.92. The zero-order chi connectivity index (χ0) is 10.6. The van der Waals surface area contributed by atoms with Crippen molar-refractivity contribution in [2.24, 2.45) is 11.7 Å². The highest BCUT2D eigenvalue weighted by Crippen LogP contribution is 2.08. The van der Waals surface area contributed by atoms with Crippen molar-refractivity contribution in [3.05, 3.63) is 35.9 Å². The molecule has 4 heteroatoms. The van der Waals surface area contributed by atoms with Crippen molar-refractivity contribution in [1.29, 1.82) is 0 Å². The first-order chi connectivity index (χ1) is 6.61. The Hall–Kier alpha value is -1.84. The second-order valence-electron chi connectivity index (χ2n) is 2.98. The molecule has 1 atom stereocenters. The summed E-state index contributed by atoms with van der Waals surface area (Å²) in [5.41, 5.74) is 5.76. The van der Waals surface area contributed by atoms with Crippen LogP contribution in [0.4, 0.5) is 0 Å². The smallest absolute Gasteiger partial charge is 0.316 e. The molecule has 0 aliphatic rings. The summed E-state index contributed by atoms with van der Waals surface area (Å²) in [4.78, 5) is 21.4. The molecular formula is C10H11NO3. The molecule has 0 saturated carbocycles. The Kier molecular flexibility index (Phi) is 3.23. The van der Waals surface area contributed by atoms with Gasteiger partial charge < -0.3 is 10.8 Å². The number of carbonyl (C=O) groups is 2. The maximum Gasteiger partial charge on any atom is 0.316 e. The monoisotopic (exact) mass is 193 g/mol. The van der Waals surface area contributed by atoms with E-state index in [4.69, 9.17) is 10.8 Å². The van der Waals surface area contributed by atoms with Crippen LogP contribution in [0.3, 0.4) is 0 Å². The first-order valence-electron chi connectivity index (χ1n) is 4.17. The third-order valence-corrected chi connectivity index (χ3v) is 1.92. The van der Waals surface area contributed by atoms with E-state index in [9.17, 15) is 9.59 Å². The van der Waals surface area contributed by atoms with Gasteiger partial charge in [0.15, 0.2) is 0 Å². The maximum atomic E-state index is 10.8. The molecule has 0 aromatic heterocycles. The molecule has 1 rings (SSSR count). The molecule has 3 N–H and O–H groups in total. The van der Waals surface area contributed by atoms with Gasteiger partial charge in [0.05, 0.1) is 0 Å². The van der Waals surface area contributed by atoms with Crippen LogP contribution < -0.4 is 5.73 Å². The van der Waals surface area contributed by atoms with Gasteiger partial charge in [-0.15, -0.1) is 0 Å². The number of amides is 1. The summed E-state index contributed by atoms with van der Waals surface area (Å²) in [6.45, 7) is 0. The number of primary amides is 1. The SMILES string of the molecule is NC(=O)[C@H](Cc1ccccc1)C(=O)O. The van der Waals surface area contributed by atoms with Crippen molar-refractivity contribution < 1.29 is 14.7 Å². The van der Waals surface area contributed by atoms with Crippen LogP contribution in [0, 0.1) is 5.92 Å². The molecule has 0 aliphatic carbocycles. The molecule has 14 heavy (non-hydrogen) atoms. The third kappa shape index (κ3) is 2.58. The van der Waals surface area contributed by atoms with Gasteiger partial charge in [0.1, 0.15) is 5.92 Å². The zero-order valence-electron chi connectivity index (χ0n) is 7.51. The molecule has 0 spiro atoms. The number of nitrogens with two attached hydrogens (primary N) is 1. The Morgan fingerprint density at radius 1 is 1.29 bits per heavy atom. The highest BCUT2D eigenvalue weighted by Gasteiger charge is 2.23. The summed E-state index contributed by atoms with van der Waals surface area (Å²) in [6, 6.07) is 8.92. The first-order valence-corrected chi connectivity index (χ1v) is 4.17. The van der Waals surface area contributed by atoms with Crippen molar-refractivity contribution in [2.45, 2.75) is 6.42 Å². The normalized spacial score (nSPS) is 12.0. The lowest BCUT2D eigenvalue weighted by Crippen LogP contribution is -2.31. The van der Waals surface area contributed by atoms with Gasteiger partial charge in [0, 0.05) is 0 Å². The van der Waals surface area contributed by atoms with Gasteiger partial charge in [-0.2, -0.15) is 0 Å². The number of aliphatic carboxylic acids is 1. The molecule has 0 radical (unpaired) electrons. The van der Waals surface area contributed by atoms with Gasteiger partial charge >= 0.3 is 5.97 Å². The lowest BCUT2D eigenvalue weighted by molar-refractivity contribution is -0.145. The topological polar surface area (TPSA) is 80.4 Å². The predicted molar refractivity (Wildman–Crippen MR) is 50.5 cm³/mol. The number of rotatable bonds is 4. The fourth-order valence-electron chi connectivity index (χ4n) is 1.16. The lowest BCUT2D eigenvalue weighted by Gasteiger charge is -2.07. The van der Waals surface area contributed by atoms with Gasteiger partial charge in [-0.3, -0.25) is 9.59 Å². The van der Waals surface area contributed by atoms with E-state index in [1.54, 1.807) is 24.3 Å². The number of carbonyl (C=O) groups excluding carboxylic acids is 1. The molecule has 0 aliphatic heterocycles. The summed E-state index contributed by atoms with van der Waals surface area (Å²) in [5.74, 6) is -3.12. The summed E-state index contributed by atoms with van der Waals surface area (Å²) in [6.07, 6.45) is 0.144. The zero-order valence-corrected chi connectivity index (χ0v) is 7.51. The molecule has 0 fully saturated rings. The Labute approximate surface area is 81.3 Å². The number of hydrogen-bond acceptors (Lipinski definition) is 2. The van der Waals surface area contributed by atoms with E-state index in [1.807, 2.05) is 6.07 Å². The minimum atomic E-state index is -1.18. The Morgan fingerprint density at radius 2 is 1.86 bits per heavy atom. The van der Waals surface area contributed by atoms with Gasteiger partial charge in [-0.1, -0.05) is 30.3 Å². The van der Waals surface area contributed by atoms with Crippen LogP contribution in [0.2, 0.25) is 0 Å². The van der Waals surface area contributed by atoms with Crippen molar-refractivity contribution in [3.8, 4) is 0 Å². The molecule has 1 aromatic carbocycles. The summed E-state index contributed by atoms with van der Waals surface area (Å²) >= 11 is 0. The average Bonchev–Trinajstić information content (AvgIpc) is 2.15. The van der Waals surface area contributed by atoms with Crippen LogP contribution in [0.1, 0.15) is 5.56 Å². The molecule has 1 aromatic rings. The van der Waals surface area contributed by atoms with E-state index in [0.29, 0.717) is 0 Å². The van der Waals surface area contributed by atoms with E-state index >= 15 is 0 Å². The molecule has 0 heterocycles. The molecule has 1 amide bonds. The largest absolute Gasteiger partial charge is 0.481 e. The van der Waals surface area contributed by atoms with Gasteiger partial charge in [0.2, 0.25) is 5.91 Å². The summed E-state index contributed by atoms with van der Waals surface area (Å²) in [5, 5.41) is 8.70. The van der Waals surface area contributed by atoms with Crippen LogP contribution in [-0.2, 0) is 16.0 Å². The Bertz CT molecular complexity index is 320. The van der Waals surface area contributed by atoms with Gasteiger partial charge in [-0.25, -0.2) is 0 Å². The van der Waals surface area contributed by atoms with E-state index in [2.05, 4.69) is 0 Å². The Morgan fingerprint density at radius 3 is 2.29 bits per heavy atom. The van der Waals surface area contributed by atoms with Crippen molar-refractivity contribution >= 4 is 11.9 Å².